The van der Waals surface area contributed by atoms with Crippen molar-refractivity contribution in [3.63, 3.8) is 0 Å². The average molecular weight is 452 g/mol. The quantitative estimate of drug-likeness (QED) is 0.472. The van der Waals surface area contributed by atoms with Gasteiger partial charge in [-0.3, -0.25) is 9.59 Å². The molecule has 4 nitrogen and oxygen atoms in total. The summed E-state index contributed by atoms with van der Waals surface area (Å²) in [6.45, 7) is 3.40. The Labute approximate surface area is 190 Å². The zero-order chi connectivity index (χ0) is 23.8. The summed E-state index contributed by atoms with van der Waals surface area (Å²) in [6, 6.07) is 20.4. The molecule has 0 bridgehead atoms. The SMILES string of the molecule is CC(=O)N(c1ccccc1)C1CC(C)N(C(=O)c2ccc(C(F)(F)F)cc2)c2ccccc21. The number of hydrogen-bond donors (Lipinski definition) is 0. The Morgan fingerprint density at radius 1 is 0.909 bits per heavy atom. The molecule has 33 heavy (non-hydrogen) atoms. The Balaban J connectivity index is 1.73. The van der Waals surface area contributed by atoms with E-state index in [-0.39, 0.29) is 29.5 Å². The highest BCUT2D eigenvalue weighted by Gasteiger charge is 2.38. The Hall–Kier alpha value is -3.61. The van der Waals surface area contributed by atoms with Gasteiger partial charge < -0.3 is 9.80 Å². The maximum Gasteiger partial charge on any atom is 0.416 e. The van der Waals surface area contributed by atoms with Crippen LogP contribution in [0.4, 0.5) is 24.5 Å². The molecule has 7 heteroatoms. The number of amides is 2. The van der Waals surface area contributed by atoms with Gasteiger partial charge in [0, 0.05) is 29.9 Å². The predicted molar refractivity (Wildman–Crippen MR) is 121 cm³/mol. The largest absolute Gasteiger partial charge is 0.416 e. The van der Waals surface area contributed by atoms with Gasteiger partial charge in [0.15, 0.2) is 0 Å². The lowest BCUT2D eigenvalue weighted by molar-refractivity contribution is -0.137. The fourth-order valence-corrected chi connectivity index (χ4v) is 4.45. The zero-order valence-corrected chi connectivity index (χ0v) is 18.2. The van der Waals surface area contributed by atoms with Crippen LogP contribution in [0.1, 0.15) is 47.8 Å². The van der Waals surface area contributed by atoms with Crippen molar-refractivity contribution in [3.05, 3.63) is 95.6 Å². The number of carbonyl (C=O) groups is 2. The van der Waals surface area contributed by atoms with E-state index < -0.39 is 11.7 Å². The molecule has 170 valence electrons. The number of alkyl halides is 3. The van der Waals surface area contributed by atoms with Crippen LogP contribution in [-0.2, 0) is 11.0 Å². The molecule has 0 N–H and O–H groups in total. The molecule has 3 aromatic rings. The van der Waals surface area contributed by atoms with Gasteiger partial charge in [0.1, 0.15) is 0 Å². The van der Waals surface area contributed by atoms with Gasteiger partial charge in [-0.15, -0.1) is 0 Å². The number of benzene rings is 3. The van der Waals surface area contributed by atoms with E-state index >= 15 is 0 Å². The first-order valence-electron chi connectivity index (χ1n) is 10.6. The minimum atomic E-state index is -4.46. The van der Waals surface area contributed by atoms with E-state index in [4.69, 9.17) is 0 Å². The summed E-state index contributed by atoms with van der Waals surface area (Å²) in [7, 11) is 0. The van der Waals surface area contributed by atoms with Gasteiger partial charge in [0.25, 0.3) is 5.91 Å². The van der Waals surface area contributed by atoms with Crippen molar-refractivity contribution in [1.29, 1.82) is 0 Å². The molecule has 2 amide bonds. The molecule has 2 atom stereocenters. The summed E-state index contributed by atoms with van der Waals surface area (Å²) in [5.41, 5.74) is 1.60. The maximum atomic E-state index is 13.4. The maximum absolute atomic E-state index is 13.4. The van der Waals surface area contributed by atoms with Crippen molar-refractivity contribution >= 4 is 23.2 Å². The second kappa shape index (κ2) is 8.73. The fraction of sp³-hybridized carbons (Fsp3) is 0.231. The van der Waals surface area contributed by atoms with Crippen LogP contribution in [-0.4, -0.2) is 17.9 Å². The van der Waals surface area contributed by atoms with Gasteiger partial charge in [-0.2, -0.15) is 13.2 Å². The number of hydrogen-bond acceptors (Lipinski definition) is 2. The molecular formula is C26H23F3N2O2. The smallest absolute Gasteiger partial charge is 0.305 e. The summed E-state index contributed by atoms with van der Waals surface area (Å²) in [4.78, 5) is 29.4. The third-order valence-electron chi connectivity index (χ3n) is 5.92. The first-order chi connectivity index (χ1) is 15.7. The van der Waals surface area contributed by atoms with Gasteiger partial charge in [-0.1, -0.05) is 36.4 Å². The van der Waals surface area contributed by atoms with Crippen LogP contribution in [0.5, 0.6) is 0 Å². The minimum absolute atomic E-state index is 0.115. The highest BCUT2D eigenvalue weighted by Crippen LogP contribution is 2.42. The van der Waals surface area contributed by atoms with Crippen molar-refractivity contribution in [1.82, 2.24) is 0 Å². The van der Waals surface area contributed by atoms with Crippen molar-refractivity contribution < 1.29 is 22.8 Å². The van der Waals surface area contributed by atoms with Crippen LogP contribution in [0.3, 0.4) is 0 Å². The molecule has 1 aliphatic rings. The predicted octanol–water partition coefficient (Wildman–Crippen LogP) is 6.24. The Bertz CT molecular complexity index is 1160. The average Bonchev–Trinajstić information content (AvgIpc) is 2.79. The third-order valence-corrected chi connectivity index (χ3v) is 5.92. The highest BCUT2D eigenvalue weighted by atomic mass is 19.4. The highest BCUT2D eigenvalue weighted by molar-refractivity contribution is 6.07. The lowest BCUT2D eigenvalue weighted by Gasteiger charge is -2.43. The number of fused-ring (bicyclic) bond motifs is 1. The Morgan fingerprint density at radius 2 is 1.52 bits per heavy atom. The summed E-state index contributed by atoms with van der Waals surface area (Å²) >= 11 is 0. The molecule has 0 saturated carbocycles. The molecule has 0 saturated heterocycles. The van der Waals surface area contributed by atoms with Crippen molar-refractivity contribution in [3.8, 4) is 0 Å². The lowest BCUT2D eigenvalue weighted by atomic mass is 9.89. The summed E-state index contributed by atoms with van der Waals surface area (Å²) < 4.78 is 38.8. The van der Waals surface area contributed by atoms with E-state index in [0.29, 0.717) is 12.1 Å². The second-order valence-corrected chi connectivity index (χ2v) is 8.13. The van der Waals surface area contributed by atoms with Crippen molar-refractivity contribution in [2.45, 2.75) is 38.5 Å². The van der Waals surface area contributed by atoms with Crippen LogP contribution in [0.15, 0.2) is 78.9 Å². The van der Waals surface area contributed by atoms with Crippen molar-refractivity contribution in [2.24, 2.45) is 0 Å². The van der Waals surface area contributed by atoms with Crippen LogP contribution in [0, 0.1) is 0 Å². The van der Waals surface area contributed by atoms with E-state index in [1.54, 1.807) is 9.80 Å². The Morgan fingerprint density at radius 3 is 2.12 bits per heavy atom. The molecule has 0 spiro atoms. The molecule has 3 aromatic carbocycles. The number of para-hydroxylation sites is 2. The number of anilines is 2. The van der Waals surface area contributed by atoms with E-state index in [9.17, 15) is 22.8 Å². The Kier molecular flexibility index (Phi) is 5.97. The fourth-order valence-electron chi connectivity index (χ4n) is 4.45. The summed E-state index contributed by atoms with van der Waals surface area (Å²) in [6.07, 6.45) is -3.98. The molecule has 0 radical (unpaired) electrons. The summed E-state index contributed by atoms with van der Waals surface area (Å²) in [5, 5.41) is 0. The standard InChI is InChI=1S/C26H23F3N2O2/c1-17-16-24(31(18(2)32)21-8-4-3-5-9-21)22-10-6-7-11-23(22)30(17)25(33)19-12-14-20(15-13-19)26(27,28)29/h3-15,17,24H,16H2,1-2H3. The van der Waals surface area contributed by atoms with Crippen LogP contribution in [0.2, 0.25) is 0 Å². The topological polar surface area (TPSA) is 40.6 Å². The third kappa shape index (κ3) is 4.35. The van der Waals surface area contributed by atoms with Crippen LogP contribution in [0.25, 0.3) is 0 Å². The molecule has 4 rings (SSSR count). The van der Waals surface area contributed by atoms with Crippen LogP contribution >= 0.6 is 0 Å². The van der Waals surface area contributed by atoms with Gasteiger partial charge in [0.05, 0.1) is 11.6 Å². The molecule has 0 aliphatic carbocycles. The lowest BCUT2D eigenvalue weighted by Crippen LogP contribution is -2.47. The molecule has 1 heterocycles. The van der Waals surface area contributed by atoms with Gasteiger partial charge in [0.2, 0.25) is 5.91 Å². The van der Waals surface area contributed by atoms with Gasteiger partial charge in [-0.25, -0.2) is 0 Å². The van der Waals surface area contributed by atoms with E-state index in [1.807, 2.05) is 61.5 Å². The molecule has 1 aliphatic heterocycles. The molecule has 2 unspecified atom stereocenters. The first kappa shape index (κ1) is 22.6. The van der Waals surface area contributed by atoms with E-state index in [0.717, 1.165) is 23.4 Å². The molecule has 0 aromatic heterocycles. The number of rotatable bonds is 3. The van der Waals surface area contributed by atoms with Crippen molar-refractivity contribution in [2.75, 3.05) is 9.80 Å². The molecule has 0 fully saturated rings. The zero-order valence-electron chi connectivity index (χ0n) is 18.2. The van der Waals surface area contributed by atoms with E-state index in [2.05, 4.69) is 0 Å². The minimum Gasteiger partial charge on any atom is -0.305 e. The number of nitrogens with zero attached hydrogens (tertiary/aromatic N) is 2. The van der Waals surface area contributed by atoms with E-state index in [1.165, 1.54) is 19.1 Å². The van der Waals surface area contributed by atoms with Gasteiger partial charge in [-0.05, 0) is 61.4 Å². The first-order valence-corrected chi connectivity index (χ1v) is 10.6. The number of halogens is 3. The summed E-state index contributed by atoms with van der Waals surface area (Å²) in [5.74, 6) is -0.494. The normalized spacial score (nSPS) is 17.9. The van der Waals surface area contributed by atoms with Gasteiger partial charge >= 0.3 is 6.18 Å². The molecular weight excluding hydrogens is 429 g/mol. The van der Waals surface area contributed by atoms with Crippen LogP contribution < -0.4 is 9.80 Å². The number of carbonyl (C=O) groups excluding carboxylic acids is 2. The monoisotopic (exact) mass is 452 g/mol. The second-order valence-electron chi connectivity index (χ2n) is 8.13.